The fourth-order valence-corrected chi connectivity index (χ4v) is 7.23. The summed E-state index contributed by atoms with van der Waals surface area (Å²) in [7, 11) is 0. The van der Waals surface area contributed by atoms with Gasteiger partial charge in [0.15, 0.2) is 0 Å². The first-order valence-corrected chi connectivity index (χ1v) is 15.7. The largest absolute Gasteiger partial charge is 0.338 e. The summed E-state index contributed by atoms with van der Waals surface area (Å²) < 4.78 is 0. The van der Waals surface area contributed by atoms with Crippen LogP contribution in [0.2, 0.25) is 0 Å². The lowest BCUT2D eigenvalue weighted by molar-refractivity contribution is 0.237. The Morgan fingerprint density at radius 2 is 1.34 bits per heavy atom. The standard InChI is InChI=1S/C34H49N3O/c1-2-3-22-35-34(38)37-31-23-32(36-24-31)33(29-18-14-27(15-19-29)25-10-6-4-7-11-25)30-20-16-28(17-21-30)26-12-8-5-9-13-26/h14-21,25-26,31-33,36H,2-13,22-24H2,1H3,(H2,35,37,38)/t31-,32?/m1/s1. The Bertz CT molecular complexity index is 928. The molecular weight excluding hydrogens is 466 g/mol. The molecule has 2 aliphatic carbocycles. The Morgan fingerprint density at radius 1 is 0.816 bits per heavy atom. The molecule has 1 saturated heterocycles. The number of rotatable bonds is 9. The molecule has 206 valence electrons. The molecule has 2 amide bonds. The third-order valence-corrected chi connectivity index (χ3v) is 9.46. The van der Waals surface area contributed by atoms with E-state index in [0.717, 1.165) is 44.2 Å². The van der Waals surface area contributed by atoms with Crippen molar-refractivity contribution in [3.8, 4) is 0 Å². The molecule has 4 nitrogen and oxygen atoms in total. The molecule has 0 radical (unpaired) electrons. The van der Waals surface area contributed by atoms with Gasteiger partial charge >= 0.3 is 6.03 Å². The molecule has 3 aliphatic rings. The molecule has 38 heavy (non-hydrogen) atoms. The molecule has 2 aromatic carbocycles. The molecule has 0 bridgehead atoms. The van der Waals surface area contributed by atoms with E-state index in [9.17, 15) is 4.79 Å². The molecule has 5 rings (SSSR count). The van der Waals surface area contributed by atoms with Gasteiger partial charge in [-0.1, -0.05) is 100 Å². The van der Waals surface area contributed by atoms with Crippen LogP contribution in [0, 0.1) is 0 Å². The third-order valence-electron chi connectivity index (χ3n) is 9.46. The van der Waals surface area contributed by atoms with Crippen molar-refractivity contribution in [1.82, 2.24) is 16.0 Å². The molecular formula is C34H49N3O. The third kappa shape index (κ3) is 7.00. The number of carbonyl (C=O) groups excluding carboxylic acids is 1. The van der Waals surface area contributed by atoms with E-state index in [2.05, 4.69) is 71.4 Å². The number of benzene rings is 2. The minimum absolute atomic E-state index is 0.0314. The van der Waals surface area contributed by atoms with E-state index in [4.69, 9.17) is 0 Å². The van der Waals surface area contributed by atoms with Gasteiger partial charge in [-0.25, -0.2) is 4.79 Å². The summed E-state index contributed by atoms with van der Waals surface area (Å²) in [6.07, 6.45) is 16.7. The molecule has 3 fully saturated rings. The van der Waals surface area contributed by atoms with Crippen molar-refractivity contribution >= 4 is 6.03 Å². The highest BCUT2D eigenvalue weighted by molar-refractivity contribution is 5.74. The van der Waals surface area contributed by atoms with Crippen LogP contribution in [0.15, 0.2) is 48.5 Å². The smallest absolute Gasteiger partial charge is 0.315 e. The maximum atomic E-state index is 12.4. The Labute approximate surface area is 230 Å². The Morgan fingerprint density at radius 3 is 1.84 bits per heavy atom. The lowest BCUT2D eigenvalue weighted by Gasteiger charge is -2.28. The van der Waals surface area contributed by atoms with Crippen molar-refractivity contribution in [3.05, 3.63) is 70.8 Å². The second-order valence-corrected chi connectivity index (χ2v) is 12.2. The van der Waals surface area contributed by atoms with Crippen molar-refractivity contribution in [2.75, 3.05) is 13.1 Å². The molecule has 2 aromatic rings. The van der Waals surface area contributed by atoms with Crippen molar-refractivity contribution in [2.45, 2.75) is 120 Å². The lowest BCUT2D eigenvalue weighted by atomic mass is 9.79. The molecule has 2 atom stereocenters. The number of hydrogen-bond donors (Lipinski definition) is 3. The molecule has 1 unspecified atom stereocenters. The van der Waals surface area contributed by atoms with E-state index < -0.39 is 0 Å². The quantitative estimate of drug-likeness (QED) is 0.299. The first-order chi connectivity index (χ1) is 18.7. The summed E-state index contributed by atoms with van der Waals surface area (Å²) in [6.45, 7) is 3.71. The molecule has 0 spiro atoms. The molecule has 0 aromatic heterocycles. The Balaban J connectivity index is 1.32. The van der Waals surface area contributed by atoms with Gasteiger partial charge in [0.05, 0.1) is 0 Å². The van der Waals surface area contributed by atoms with Gasteiger partial charge in [-0.05, 0) is 72.6 Å². The van der Waals surface area contributed by atoms with Crippen molar-refractivity contribution in [2.24, 2.45) is 0 Å². The first kappa shape index (κ1) is 27.2. The second kappa shape index (κ2) is 13.6. The van der Waals surface area contributed by atoms with Crippen molar-refractivity contribution < 1.29 is 4.79 Å². The van der Waals surface area contributed by atoms with Gasteiger partial charge in [0, 0.05) is 31.1 Å². The van der Waals surface area contributed by atoms with E-state index in [-0.39, 0.29) is 18.0 Å². The van der Waals surface area contributed by atoms with E-state index in [1.165, 1.54) is 86.5 Å². The van der Waals surface area contributed by atoms with Crippen LogP contribution in [0.5, 0.6) is 0 Å². The fourth-order valence-electron chi connectivity index (χ4n) is 7.23. The molecule has 1 heterocycles. The van der Waals surface area contributed by atoms with E-state index in [0.29, 0.717) is 6.04 Å². The van der Waals surface area contributed by atoms with Crippen LogP contribution in [0.25, 0.3) is 0 Å². The maximum absolute atomic E-state index is 12.4. The van der Waals surface area contributed by atoms with Crippen LogP contribution in [0.1, 0.15) is 130 Å². The molecule has 4 heteroatoms. The minimum Gasteiger partial charge on any atom is -0.338 e. The van der Waals surface area contributed by atoms with Gasteiger partial charge in [-0.3, -0.25) is 0 Å². The highest BCUT2D eigenvalue weighted by atomic mass is 16.2. The Hall–Kier alpha value is -2.33. The number of amides is 2. The minimum atomic E-state index is -0.0314. The summed E-state index contributed by atoms with van der Waals surface area (Å²) in [6, 6.07) is 19.6. The summed E-state index contributed by atoms with van der Waals surface area (Å²) in [5.74, 6) is 1.75. The van der Waals surface area contributed by atoms with Gasteiger partial charge in [0.2, 0.25) is 0 Å². The van der Waals surface area contributed by atoms with Crippen LogP contribution in [0.4, 0.5) is 4.79 Å². The number of nitrogens with one attached hydrogen (secondary N) is 3. The average molecular weight is 516 g/mol. The number of hydrogen-bond acceptors (Lipinski definition) is 2. The maximum Gasteiger partial charge on any atom is 0.315 e. The van der Waals surface area contributed by atoms with Crippen LogP contribution in [-0.4, -0.2) is 31.2 Å². The first-order valence-electron chi connectivity index (χ1n) is 15.7. The van der Waals surface area contributed by atoms with E-state index in [1.54, 1.807) is 0 Å². The van der Waals surface area contributed by atoms with Crippen LogP contribution in [-0.2, 0) is 0 Å². The van der Waals surface area contributed by atoms with Gasteiger partial charge in [-0.2, -0.15) is 0 Å². The van der Waals surface area contributed by atoms with Gasteiger partial charge in [-0.15, -0.1) is 0 Å². The summed E-state index contributed by atoms with van der Waals surface area (Å²) in [4.78, 5) is 12.4. The topological polar surface area (TPSA) is 53.2 Å². The van der Waals surface area contributed by atoms with Crippen LogP contribution < -0.4 is 16.0 Å². The monoisotopic (exact) mass is 515 g/mol. The van der Waals surface area contributed by atoms with E-state index in [1.807, 2.05) is 0 Å². The highest BCUT2D eigenvalue weighted by Crippen LogP contribution is 2.38. The van der Waals surface area contributed by atoms with Crippen LogP contribution in [0.3, 0.4) is 0 Å². The van der Waals surface area contributed by atoms with E-state index >= 15 is 0 Å². The SMILES string of the molecule is CCCCNC(=O)N[C@H]1CNC(C(c2ccc(C3CCCCC3)cc2)c2ccc(C3CCCCC3)cc2)C1. The number of unbranched alkanes of at least 4 members (excludes halogenated alkanes) is 1. The molecule has 2 saturated carbocycles. The second-order valence-electron chi connectivity index (χ2n) is 12.2. The highest BCUT2D eigenvalue weighted by Gasteiger charge is 2.33. The molecule has 3 N–H and O–H groups in total. The summed E-state index contributed by atoms with van der Waals surface area (Å²) >= 11 is 0. The van der Waals surface area contributed by atoms with Crippen LogP contribution >= 0.6 is 0 Å². The zero-order chi connectivity index (χ0) is 26.2. The van der Waals surface area contributed by atoms with Gasteiger partial charge < -0.3 is 16.0 Å². The molecule has 1 aliphatic heterocycles. The van der Waals surface area contributed by atoms with Crippen molar-refractivity contribution in [1.29, 1.82) is 0 Å². The Kier molecular flexibility index (Phi) is 9.78. The number of carbonyl (C=O) groups is 1. The van der Waals surface area contributed by atoms with Gasteiger partial charge in [0.25, 0.3) is 0 Å². The zero-order valence-corrected chi connectivity index (χ0v) is 23.5. The average Bonchev–Trinajstić information content (AvgIpc) is 3.42. The normalized spacial score (nSPS) is 23.0. The van der Waals surface area contributed by atoms with Crippen molar-refractivity contribution in [3.63, 3.8) is 0 Å². The predicted molar refractivity (Wildman–Crippen MR) is 158 cm³/mol. The lowest BCUT2D eigenvalue weighted by Crippen LogP contribution is -2.43. The zero-order valence-electron chi connectivity index (χ0n) is 23.5. The number of urea groups is 1. The summed E-state index contributed by atoms with van der Waals surface area (Å²) in [5, 5.41) is 10.0. The fraction of sp³-hybridized carbons (Fsp3) is 0.618. The summed E-state index contributed by atoms with van der Waals surface area (Å²) in [5.41, 5.74) is 5.81. The predicted octanol–water partition coefficient (Wildman–Crippen LogP) is 7.74. The van der Waals surface area contributed by atoms with Gasteiger partial charge in [0.1, 0.15) is 0 Å².